The zero-order valence-corrected chi connectivity index (χ0v) is 23.6. The van der Waals surface area contributed by atoms with Gasteiger partial charge in [0.05, 0.1) is 12.6 Å². The number of allylic oxidation sites excluding steroid dienone is 6. The molecule has 4 aromatic rings. The molecule has 2 heterocycles. The number of aromatic nitrogens is 1. The van der Waals surface area contributed by atoms with Crippen molar-refractivity contribution in [2.45, 2.75) is 27.3 Å². The van der Waals surface area contributed by atoms with E-state index in [0.29, 0.717) is 17.1 Å². The molecule has 0 fully saturated rings. The Kier molecular flexibility index (Phi) is 8.18. The van der Waals surface area contributed by atoms with E-state index in [1.54, 1.807) is 12.2 Å². The van der Waals surface area contributed by atoms with Crippen molar-refractivity contribution in [3.63, 3.8) is 0 Å². The quantitative estimate of drug-likeness (QED) is 0.167. The lowest BCUT2D eigenvalue weighted by Crippen LogP contribution is -2.21. The number of rotatable bonds is 8. The summed E-state index contributed by atoms with van der Waals surface area (Å²) in [5.41, 5.74) is 6.26. The molecule has 1 aromatic heterocycles. The Morgan fingerprint density at radius 1 is 0.854 bits per heavy atom. The number of benzene rings is 3. The van der Waals surface area contributed by atoms with Crippen molar-refractivity contribution in [2.24, 2.45) is 0 Å². The monoisotopic (exact) mass is 536 g/mol. The van der Waals surface area contributed by atoms with E-state index in [0.717, 1.165) is 30.8 Å². The molecule has 0 radical (unpaired) electrons. The first-order chi connectivity index (χ1) is 20.1. The second kappa shape index (κ2) is 12.3. The molecular weight excluding hydrogens is 504 g/mol. The van der Waals surface area contributed by atoms with Gasteiger partial charge in [0.15, 0.2) is 0 Å². The summed E-state index contributed by atoms with van der Waals surface area (Å²) >= 11 is 0. The zero-order valence-electron chi connectivity index (χ0n) is 23.6. The van der Waals surface area contributed by atoms with Crippen LogP contribution < -0.4 is 4.90 Å². The lowest BCUT2D eigenvalue weighted by atomic mass is 10.1. The third-order valence-electron chi connectivity index (χ3n) is 7.34. The number of fused-ring (bicyclic) bond motifs is 3. The zero-order chi connectivity index (χ0) is 28.8. The highest BCUT2D eigenvalue weighted by Crippen LogP contribution is 2.31. The van der Waals surface area contributed by atoms with Crippen LogP contribution in [-0.2, 0) is 11.3 Å². The highest BCUT2D eigenvalue weighted by Gasteiger charge is 2.13. The second-order valence-electron chi connectivity index (χ2n) is 9.69. The maximum absolute atomic E-state index is 9.52. The number of ether oxygens (including phenoxy) is 1. The van der Waals surface area contributed by atoms with Gasteiger partial charge in [0.2, 0.25) is 0 Å². The normalized spacial score (nSPS) is 14.6. The number of aryl methyl sites for hydroxylation is 1. The van der Waals surface area contributed by atoms with Crippen LogP contribution in [0.15, 0.2) is 114 Å². The lowest BCUT2D eigenvalue weighted by molar-refractivity contribution is 0.332. The van der Waals surface area contributed by atoms with Gasteiger partial charge in [-0.3, -0.25) is 0 Å². The van der Waals surface area contributed by atoms with Gasteiger partial charge in [-0.15, -0.1) is 0 Å². The maximum Gasteiger partial charge on any atom is 0.269 e. The van der Waals surface area contributed by atoms with Gasteiger partial charge in [-0.05, 0) is 92.1 Å². The molecule has 0 N–H and O–H groups in total. The van der Waals surface area contributed by atoms with Gasteiger partial charge < -0.3 is 14.2 Å². The fraction of sp³-hybridized carbons (Fsp3) is 0.167. The Morgan fingerprint density at radius 3 is 2.12 bits per heavy atom. The van der Waals surface area contributed by atoms with E-state index in [-0.39, 0.29) is 5.70 Å². The summed E-state index contributed by atoms with van der Waals surface area (Å²) in [5.74, 6) is 1.12. The fourth-order valence-electron chi connectivity index (χ4n) is 5.26. The van der Waals surface area contributed by atoms with Gasteiger partial charge in [0.25, 0.3) is 5.70 Å². The molecule has 0 aliphatic carbocycles. The Bertz CT molecular complexity index is 1810. The molecular formula is C36H32N4O. The predicted octanol–water partition coefficient (Wildman–Crippen LogP) is 8.88. The Balaban J connectivity index is 1.42. The Morgan fingerprint density at radius 2 is 1.49 bits per heavy atom. The number of nitriles is 1. The standard InChI is InChI=1S/C36H32N4O/c1-5-39(6-2)29-17-12-26(13-18-29)14-19-30-23-28(34(25-37)38-4)24-31(41-30)20-15-27-16-21-36-33(22-27)32-10-8-9-11-35(32)40(36)7-3/h8-24H,5-7H2,1-3H3/b19-14+,20-15+,34-28+. The molecule has 5 heteroatoms. The van der Waals surface area contributed by atoms with E-state index >= 15 is 0 Å². The fourth-order valence-corrected chi connectivity index (χ4v) is 5.26. The minimum Gasteiger partial charge on any atom is -0.457 e. The largest absolute Gasteiger partial charge is 0.457 e. The second-order valence-corrected chi connectivity index (χ2v) is 9.69. The first-order valence-corrected chi connectivity index (χ1v) is 13.9. The van der Waals surface area contributed by atoms with E-state index in [2.05, 4.69) is 102 Å². The topological polar surface area (TPSA) is 45.6 Å². The van der Waals surface area contributed by atoms with Gasteiger partial charge in [0, 0.05) is 47.1 Å². The third-order valence-corrected chi connectivity index (χ3v) is 7.34. The van der Waals surface area contributed by atoms with Crippen LogP contribution in [0.1, 0.15) is 31.9 Å². The van der Waals surface area contributed by atoms with Gasteiger partial charge in [-0.2, -0.15) is 0 Å². The predicted molar refractivity (Wildman–Crippen MR) is 170 cm³/mol. The molecule has 5 rings (SSSR count). The molecule has 0 amide bonds. The summed E-state index contributed by atoms with van der Waals surface area (Å²) in [6.07, 6.45) is 11.2. The lowest BCUT2D eigenvalue weighted by Gasteiger charge is -2.20. The average Bonchev–Trinajstić information content (AvgIpc) is 3.34. The molecule has 0 atom stereocenters. The van der Waals surface area contributed by atoms with Gasteiger partial charge in [-0.1, -0.05) is 48.6 Å². The summed E-state index contributed by atoms with van der Waals surface area (Å²) in [6.45, 7) is 16.7. The molecule has 3 aromatic carbocycles. The molecule has 5 nitrogen and oxygen atoms in total. The first-order valence-electron chi connectivity index (χ1n) is 13.9. The van der Waals surface area contributed by atoms with E-state index in [9.17, 15) is 5.26 Å². The summed E-state index contributed by atoms with van der Waals surface area (Å²) in [5, 5.41) is 12.0. The van der Waals surface area contributed by atoms with Gasteiger partial charge in [0.1, 0.15) is 11.5 Å². The van der Waals surface area contributed by atoms with E-state index in [4.69, 9.17) is 11.3 Å². The van der Waals surface area contributed by atoms with Crippen molar-refractivity contribution in [1.29, 1.82) is 5.26 Å². The highest BCUT2D eigenvalue weighted by molar-refractivity contribution is 6.08. The summed E-state index contributed by atoms with van der Waals surface area (Å²) in [7, 11) is 0. The highest BCUT2D eigenvalue weighted by atomic mass is 16.5. The van der Waals surface area contributed by atoms with Crippen LogP contribution in [0.25, 0.3) is 38.8 Å². The summed E-state index contributed by atoms with van der Waals surface area (Å²) < 4.78 is 8.49. The summed E-state index contributed by atoms with van der Waals surface area (Å²) in [6, 6.07) is 25.3. The van der Waals surface area contributed by atoms with Crippen LogP contribution in [0, 0.1) is 17.9 Å². The molecule has 0 saturated carbocycles. The van der Waals surface area contributed by atoms with Crippen LogP contribution in [0.5, 0.6) is 0 Å². The number of hydrogen-bond donors (Lipinski definition) is 0. The van der Waals surface area contributed by atoms with Crippen LogP contribution in [0.3, 0.4) is 0 Å². The molecule has 202 valence electrons. The van der Waals surface area contributed by atoms with Gasteiger partial charge >= 0.3 is 0 Å². The van der Waals surface area contributed by atoms with Crippen molar-refractivity contribution >= 4 is 39.6 Å². The smallest absolute Gasteiger partial charge is 0.269 e. The SMILES string of the molecule is [C-]#[N+]/C(C#N)=C1C=C(/C=C/c2ccc(N(CC)CC)cc2)OC(/C=C/c2ccc3c(c2)c2ccccc2n3CC)=C\1. The first kappa shape index (κ1) is 27.3. The molecule has 0 bridgehead atoms. The van der Waals surface area contributed by atoms with Crippen LogP contribution in [0.2, 0.25) is 0 Å². The number of hydrogen-bond acceptors (Lipinski definition) is 3. The van der Waals surface area contributed by atoms with Crippen molar-refractivity contribution in [1.82, 2.24) is 4.57 Å². The molecule has 41 heavy (non-hydrogen) atoms. The number of anilines is 1. The van der Waals surface area contributed by atoms with Crippen LogP contribution in [0.4, 0.5) is 5.69 Å². The van der Waals surface area contributed by atoms with Gasteiger partial charge in [-0.25, -0.2) is 10.1 Å². The Hall–Kier alpha value is -5.26. The van der Waals surface area contributed by atoms with Crippen molar-refractivity contribution in [3.05, 3.63) is 136 Å². The van der Waals surface area contributed by atoms with Crippen LogP contribution in [-0.4, -0.2) is 17.7 Å². The van der Waals surface area contributed by atoms with Crippen LogP contribution >= 0.6 is 0 Å². The van der Waals surface area contributed by atoms with Crippen molar-refractivity contribution < 1.29 is 4.74 Å². The summed E-state index contributed by atoms with van der Waals surface area (Å²) in [4.78, 5) is 5.72. The van der Waals surface area contributed by atoms with E-state index in [1.807, 2.05) is 30.4 Å². The molecule has 1 aliphatic heterocycles. The average molecular weight is 537 g/mol. The molecule has 0 unspecified atom stereocenters. The molecule has 1 aliphatic rings. The van der Waals surface area contributed by atoms with E-state index in [1.165, 1.54) is 27.5 Å². The Labute approximate surface area is 241 Å². The van der Waals surface area contributed by atoms with E-state index < -0.39 is 0 Å². The minimum atomic E-state index is 0.0301. The van der Waals surface area contributed by atoms with Crippen molar-refractivity contribution in [3.8, 4) is 6.07 Å². The number of para-hydroxylation sites is 1. The minimum absolute atomic E-state index is 0.0301. The third kappa shape index (κ3) is 5.71. The maximum atomic E-state index is 9.52. The number of nitrogens with zero attached hydrogens (tertiary/aromatic N) is 4. The molecule has 0 saturated heterocycles. The molecule has 0 spiro atoms. The van der Waals surface area contributed by atoms with Crippen molar-refractivity contribution in [2.75, 3.05) is 18.0 Å².